The highest BCUT2D eigenvalue weighted by atomic mass is 35.5. The van der Waals surface area contributed by atoms with E-state index in [1.807, 2.05) is 24.3 Å². The zero-order chi connectivity index (χ0) is 19.9. The normalized spacial score (nSPS) is 16.1. The monoisotopic (exact) mass is 436 g/mol. The van der Waals surface area contributed by atoms with E-state index in [4.69, 9.17) is 27.9 Å². The Morgan fingerprint density at radius 1 is 1.36 bits per heavy atom. The summed E-state index contributed by atoms with van der Waals surface area (Å²) in [5.41, 5.74) is 4.32. The van der Waals surface area contributed by atoms with Crippen LogP contribution in [0.3, 0.4) is 0 Å². The van der Waals surface area contributed by atoms with Crippen molar-refractivity contribution < 1.29 is 9.53 Å². The Hall–Kier alpha value is -2.22. The number of hydrogen-bond acceptors (Lipinski definition) is 6. The van der Waals surface area contributed by atoms with Crippen LogP contribution in [0.5, 0.6) is 5.75 Å². The van der Waals surface area contributed by atoms with Crippen LogP contribution in [0.2, 0.25) is 10.0 Å². The molecule has 0 saturated carbocycles. The maximum Gasteiger partial charge on any atom is 0.225 e. The van der Waals surface area contributed by atoms with E-state index < -0.39 is 0 Å². The van der Waals surface area contributed by atoms with Crippen molar-refractivity contribution in [2.45, 2.75) is 11.7 Å². The average molecular weight is 437 g/mol. The van der Waals surface area contributed by atoms with Gasteiger partial charge in [0.15, 0.2) is 5.17 Å². The summed E-state index contributed by atoms with van der Waals surface area (Å²) in [6, 6.07) is 12.7. The summed E-state index contributed by atoms with van der Waals surface area (Å²) in [6.45, 7) is 0.540. The number of carbonyl (C=O) groups excluding carboxylic acids is 1. The number of anilines is 1. The molecule has 0 fully saturated rings. The standard InChI is InChI=1S/C19H18Cl2N4O2S/c1-27-13-5-2-4-12(8-13)10-23-25-19-22-11-14(28-19)9-17(26)24-16-7-3-6-15(20)18(16)21/h2-8,10,14H,9,11H2,1H3,(H,22,25)(H,24,26)/b23-10+. The number of hydrazone groups is 1. The lowest BCUT2D eigenvalue weighted by atomic mass is 10.2. The molecule has 2 aromatic carbocycles. The zero-order valence-electron chi connectivity index (χ0n) is 15.0. The van der Waals surface area contributed by atoms with E-state index in [1.165, 1.54) is 11.8 Å². The Balaban J connectivity index is 1.46. The van der Waals surface area contributed by atoms with Gasteiger partial charge in [0.2, 0.25) is 5.91 Å². The number of benzene rings is 2. The number of nitrogens with one attached hydrogen (secondary N) is 2. The van der Waals surface area contributed by atoms with Gasteiger partial charge in [-0.15, -0.1) is 0 Å². The van der Waals surface area contributed by atoms with E-state index >= 15 is 0 Å². The highest BCUT2D eigenvalue weighted by molar-refractivity contribution is 8.14. The molecule has 28 heavy (non-hydrogen) atoms. The minimum atomic E-state index is -0.141. The molecule has 1 heterocycles. The highest BCUT2D eigenvalue weighted by Crippen LogP contribution is 2.30. The molecule has 0 aliphatic carbocycles. The van der Waals surface area contributed by atoms with Crippen LogP contribution >= 0.6 is 35.0 Å². The molecule has 6 nitrogen and oxygen atoms in total. The van der Waals surface area contributed by atoms with Crippen molar-refractivity contribution in [3.05, 3.63) is 58.1 Å². The summed E-state index contributed by atoms with van der Waals surface area (Å²) in [5, 5.41) is 8.42. The number of carbonyl (C=O) groups is 1. The van der Waals surface area contributed by atoms with Gasteiger partial charge in [0.1, 0.15) is 5.75 Å². The highest BCUT2D eigenvalue weighted by Gasteiger charge is 2.22. The maximum absolute atomic E-state index is 12.3. The van der Waals surface area contributed by atoms with Crippen LogP contribution in [0.4, 0.5) is 5.69 Å². The lowest BCUT2D eigenvalue weighted by Gasteiger charge is -2.10. The SMILES string of the molecule is COc1cccc(/C=N/NC2=NCC(CC(=O)Nc3cccc(Cl)c3Cl)S2)c1. The zero-order valence-corrected chi connectivity index (χ0v) is 17.3. The molecule has 1 atom stereocenters. The summed E-state index contributed by atoms with van der Waals surface area (Å²) in [5.74, 6) is 0.625. The van der Waals surface area contributed by atoms with E-state index in [-0.39, 0.29) is 11.2 Å². The third-order valence-electron chi connectivity index (χ3n) is 3.82. The Morgan fingerprint density at radius 2 is 2.18 bits per heavy atom. The molecule has 9 heteroatoms. The van der Waals surface area contributed by atoms with E-state index in [2.05, 4.69) is 20.8 Å². The van der Waals surface area contributed by atoms with E-state index in [1.54, 1.807) is 31.5 Å². The van der Waals surface area contributed by atoms with Gasteiger partial charge in [-0.05, 0) is 29.8 Å². The van der Waals surface area contributed by atoms with Crippen molar-refractivity contribution in [2.24, 2.45) is 10.1 Å². The summed E-state index contributed by atoms with van der Waals surface area (Å²) in [7, 11) is 1.62. The molecule has 0 radical (unpaired) electrons. The van der Waals surface area contributed by atoms with Gasteiger partial charge in [-0.1, -0.05) is 53.2 Å². The third kappa shape index (κ3) is 5.64. The number of amides is 1. The number of aliphatic imine (C=N–C) groups is 1. The first kappa shape index (κ1) is 20.5. The topological polar surface area (TPSA) is 75.1 Å². The van der Waals surface area contributed by atoms with Crippen molar-refractivity contribution in [3.63, 3.8) is 0 Å². The summed E-state index contributed by atoms with van der Waals surface area (Å²) >= 11 is 13.5. The van der Waals surface area contributed by atoms with Crippen molar-refractivity contribution >= 4 is 57.9 Å². The Labute approximate surface area is 177 Å². The molecule has 0 bridgehead atoms. The Morgan fingerprint density at radius 3 is 3.00 bits per heavy atom. The molecule has 146 valence electrons. The van der Waals surface area contributed by atoms with Crippen LogP contribution in [-0.2, 0) is 4.79 Å². The first-order valence-corrected chi connectivity index (χ1v) is 10.1. The largest absolute Gasteiger partial charge is 0.497 e. The van der Waals surface area contributed by atoms with Crippen LogP contribution in [0.1, 0.15) is 12.0 Å². The number of rotatable bonds is 6. The second-order valence-electron chi connectivity index (χ2n) is 5.89. The number of hydrogen-bond donors (Lipinski definition) is 2. The number of amidine groups is 1. The molecule has 0 aromatic heterocycles. The molecule has 3 rings (SSSR count). The van der Waals surface area contributed by atoms with Crippen molar-refractivity contribution in [1.82, 2.24) is 5.43 Å². The first-order chi connectivity index (χ1) is 13.5. The molecular weight excluding hydrogens is 419 g/mol. The van der Waals surface area contributed by atoms with Gasteiger partial charge in [0, 0.05) is 11.7 Å². The van der Waals surface area contributed by atoms with E-state index in [0.29, 0.717) is 33.9 Å². The van der Waals surface area contributed by atoms with E-state index in [0.717, 1.165) is 11.3 Å². The fourth-order valence-corrected chi connectivity index (χ4v) is 3.78. The minimum Gasteiger partial charge on any atom is -0.497 e. The Kier molecular flexibility index (Phi) is 7.19. The second kappa shape index (κ2) is 9.82. The van der Waals surface area contributed by atoms with Crippen molar-refractivity contribution in [2.75, 3.05) is 19.0 Å². The molecule has 1 unspecified atom stereocenters. The summed E-state index contributed by atoms with van der Waals surface area (Å²) in [4.78, 5) is 16.6. The molecule has 1 aliphatic heterocycles. The van der Waals surface area contributed by atoms with Gasteiger partial charge in [0.25, 0.3) is 0 Å². The smallest absolute Gasteiger partial charge is 0.225 e. The predicted octanol–water partition coefficient (Wildman–Crippen LogP) is 4.43. The average Bonchev–Trinajstić information content (AvgIpc) is 3.12. The summed E-state index contributed by atoms with van der Waals surface area (Å²) in [6.07, 6.45) is 1.99. The fourth-order valence-electron chi connectivity index (χ4n) is 2.48. The molecule has 2 N–H and O–H groups in total. The van der Waals surface area contributed by atoms with Crippen LogP contribution < -0.4 is 15.5 Å². The van der Waals surface area contributed by atoms with Crippen molar-refractivity contribution in [1.29, 1.82) is 0 Å². The fraction of sp³-hybridized carbons (Fsp3) is 0.211. The number of nitrogens with zero attached hydrogens (tertiary/aromatic N) is 2. The van der Waals surface area contributed by atoms with Crippen LogP contribution in [0.15, 0.2) is 52.6 Å². The van der Waals surface area contributed by atoms with Gasteiger partial charge in [-0.2, -0.15) is 5.10 Å². The maximum atomic E-state index is 12.3. The number of ether oxygens (including phenoxy) is 1. The quantitative estimate of drug-likeness (QED) is 0.518. The first-order valence-electron chi connectivity index (χ1n) is 8.43. The molecule has 2 aromatic rings. The second-order valence-corrected chi connectivity index (χ2v) is 7.96. The lowest BCUT2D eigenvalue weighted by molar-refractivity contribution is -0.116. The van der Waals surface area contributed by atoms with Gasteiger partial charge < -0.3 is 10.1 Å². The molecule has 0 spiro atoms. The molecule has 1 aliphatic rings. The van der Waals surface area contributed by atoms with Crippen molar-refractivity contribution in [3.8, 4) is 5.75 Å². The number of methoxy groups -OCH3 is 1. The third-order valence-corrected chi connectivity index (χ3v) is 5.73. The van der Waals surface area contributed by atoms with Crippen LogP contribution in [0, 0.1) is 0 Å². The predicted molar refractivity (Wildman–Crippen MR) is 117 cm³/mol. The van der Waals surface area contributed by atoms with Gasteiger partial charge in [-0.25, -0.2) is 0 Å². The molecular formula is C19H18Cl2N4O2S. The van der Waals surface area contributed by atoms with Crippen LogP contribution in [-0.4, -0.2) is 36.2 Å². The Bertz CT molecular complexity index is 921. The molecule has 0 saturated heterocycles. The number of halogens is 2. The minimum absolute atomic E-state index is 0.0347. The van der Waals surface area contributed by atoms with Gasteiger partial charge in [-0.3, -0.25) is 15.2 Å². The van der Waals surface area contributed by atoms with Gasteiger partial charge >= 0.3 is 0 Å². The molecule has 1 amide bonds. The van der Waals surface area contributed by atoms with Crippen LogP contribution in [0.25, 0.3) is 0 Å². The van der Waals surface area contributed by atoms with Gasteiger partial charge in [0.05, 0.1) is 35.6 Å². The lowest BCUT2D eigenvalue weighted by Crippen LogP contribution is -2.19. The summed E-state index contributed by atoms with van der Waals surface area (Å²) < 4.78 is 5.18. The van der Waals surface area contributed by atoms with E-state index in [9.17, 15) is 4.79 Å². The number of thioether (sulfide) groups is 1.